The largest absolute Gasteiger partial charge is 0.485 e. The fourth-order valence-corrected chi connectivity index (χ4v) is 1.88. The van der Waals surface area contributed by atoms with E-state index in [4.69, 9.17) is 14.2 Å². The molecule has 0 aliphatic carbocycles. The van der Waals surface area contributed by atoms with Crippen LogP contribution in [0, 0.1) is 0 Å². The number of benzene rings is 1. The Labute approximate surface area is 141 Å². The summed E-state index contributed by atoms with van der Waals surface area (Å²) < 4.78 is 16.2. The molecule has 6 heteroatoms. The smallest absolute Gasteiger partial charge is 0.407 e. The van der Waals surface area contributed by atoms with Crippen molar-refractivity contribution in [2.75, 3.05) is 7.05 Å². The van der Waals surface area contributed by atoms with Crippen molar-refractivity contribution >= 4 is 6.09 Å². The van der Waals surface area contributed by atoms with Crippen molar-refractivity contribution in [1.82, 2.24) is 10.3 Å². The van der Waals surface area contributed by atoms with E-state index >= 15 is 0 Å². The number of hydrogen-bond donors (Lipinski definition) is 1. The molecule has 1 aliphatic heterocycles. The molecule has 128 valence electrons. The van der Waals surface area contributed by atoms with Gasteiger partial charge in [-0.25, -0.2) is 4.79 Å². The van der Waals surface area contributed by atoms with Crippen molar-refractivity contribution in [3.05, 3.63) is 48.3 Å². The number of alkyl carbamates (subject to hydrolysis) is 1. The van der Waals surface area contributed by atoms with E-state index in [1.807, 2.05) is 51.1 Å². The number of nitrogens with zero attached hydrogens (tertiary/aromatic N) is 1. The molecule has 2 aromatic rings. The maximum absolute atomic E-state index is 10.5. The first kappa shape index (κ1) is 17.6. The summed E-state index contributed by atoms with van der Waals surface area (Å²) in [4.78, 5) is 14.5. The minimum atomic E-state index is -0.389. The summed E-state index contributed by atoms with van der Waals surface area (Å²) >= 11 is 0. The first-order valence-corrected chi connectivity index (χ1v) is 7.62. The van der Waals surface area contributed by atoms with Crippen LogP contribution in [0.5, 0.6) is 17.2 Å². The maximum atomic E-state index is 10.5. The second-order valence-electron chi connectivity index (χ2n) is 6.07. The molecular weight excluding hydrogens is 308 g/mol. The molecule has 0 unspecified atom stereocenters. The number of nitrogens with one attached hydrogen (secondary N) is 1. The molecule has 0 bridgehead atoms. The predicted molar refractivity (Wildman–Crippen MR) is 90.4 cm³/mol. The predicted octanol–water partition coefficient (Wildman–Crippen LogP) is 3.91. The van der Waals surface area contributed by atoms with Gasteiger partial charge in [-0.1, -0.05) is 12.1 Å². The highest BCUT2D eigenvalue weighted by molar-refractivity contribution is 5.67. The Balaban J connectivity index is 0.000000202. The molecule has 0 fully saturated rings. The molecular formula is C18H22N2O4. The van der Waals surface area contributed by atoms with Crippen LogP contribution in [-0.2, 0) is 11.3 Å². The number of aromatic nitrogens is 1. The van der Waals surface area contributed by atoms with Crippen molar-refractivity contribution in [2.24, 2.45) is 0 Å². The second-order valence-corrected chi connectivity index (χ2v) is 6.07. The number of hydrogen-bond acceptors (Lipinski definition) is 5. The summed E-state index contributed by atoms with van der Waals surface area (Å²) in [5, 5.41) is 2.36. The van der Waals surface area contributed by atoms with Crippen LogP contribution in [0.2, 0.25) is 0 Å². The first-order valence-electron chi connectivity index (χ1n) is 7.62. The lowest BCUT2D eigenvalue weighted by molar-refractivity contribution is 0.0541. The Morgan fingerprint density at radius 1 is 1.17 bits per heavy atom. The summed E-state index contributed by atoms with van der Waals surface area (Å²) in [5.74, 6) is 2.28. The van der Waals surface area contributed by atoms with Gasteiger partial charge in [0.25, 0.3) is 0 Å². The summed E-state index contributed by atoms with van der Waals surface area (Å²) in [6.07, 6.45) is 3.06. The number of ether oxygens (including phenoxy) is 3. The summed E-state index contributed by atoms with van der Waals surface area (Å²) in [6.45, 7) is 5.99. The molecule has 1 amide bonds. The van der Waals surface area contributed by atoms with E-state index in [9.17, 15) is 4.79 Å². The van der Waals surface area contributed by atoms with Gasteiger partial charge in [0.15, 0.2) is 17.2 Å². The third-order valence-corrected chi connectivity index (χ3v) is 2.93. The first-order chi connectivity index (χ1) is 11.4. The monoisotopic (exact) mass is 330 g/mol. The van der Waals surface area contributed by atoms with E-state index in [1.165, 1.54) is 7.05 Å². The SMILES string of the molecule is CNC(=O)OC(C)(C)C.c1ccc2c(c1)OCc1ccncc1O2. The molecule has 0 saturated heterocycles. The molecule has 0 spiro atoms. The van der Waals surface area contributed by atoms with Gasteiger partial charge in [0.1, 0.15) is 12.2 Å². The Morgan fingerprint density at radius 3 is 2.50 bits per heavy atom. The number of fused-ring (bicyclic) bond motifs is 2. The molecule has 24 heavy (non-hydrogen) atoms. The highest BCUT2D eigenvalue weighted by atomic mass is 16.6. The van der Waals surface area contributed by atoms with Gasteiger partial charge in [-0.3, -0.25) is 4.98 Å². The highest BCUT2D eigenvalue weighted by Crippen LogP contribution is 2.36. The van der Waals surface area contributed by atoms with Crippen LogP contribution in [0.1, 0.15) is 26.3 Å². The molecule has 0 saturated carbocycles. The average Bonchev–Trinajstić information content (AvgIpc) is 2.73. The average molecular weight is 330 g/mol. The van der Waals surface area contributed by atoms with E-state index in [0.717, 1.165) is 22.8 Å². The highest BCUT2D eigenvalue weighted by Gasteiger charge is 2.15. The summed E-state index contributed by atoms with van der Waals surface area (Å²) in [6, 6.07) is 9.53. The Kier molecular flexibility index (Phi) is 5.63. The third-order valence-electron chi connectivity index (χ3n) is 2.93. The number of carbonyl (C=O) groups is 1. The minimum absolute atomic E-state index is 0.387. The van der Waals surface area contributed by atoms with Gasteiger partial charge in [0.05, 0.1) is 6.20 Å². The molecule has 1 aliphatic rings. The lowest BCUT2D eigenvalue weighted by atomic mass is 10.2. The zero-order valence-electron chi connectivity index (χ0n) is 14.3. The maximum Gasteiger partial charge on any atom is 0.407 e. The lowest BCUT2D eigenvalue weighted by Gasteiger charge is -2.18. The molecule has 0 atom stereocenters. The number of pyridine rings is 1. The molecule has 1 N–H and O–H groups in total. The van der Waals surface area contributed by atoms with Crippen molar-refractivity contribution in [3.8, 4) is 17.2 Å². The Hall–Kier alpha value is -2.76. The molecule has 0 radical (unpaired) electrons. The Bertz CT molecular complexity index is 650. The number of carbonyl (C=O) groups excluding carboxylic acids is 1. The van der Waals surface area contributed by atoms with Gasteiger partial charge in [-0.2, -0.15) is 0 Å². The molecule has 1 aromatic heterocycles. The molecule has 2 heterocycles. The van der Waals surface area contributed by atoms with Crippen molar-refractivity contribution < 1.29 is 19.0 Å². The van der Waals surface area contributed by atoms with Crippen molar-refractivity contribution in [1.29, 1.82) is 0 Å². The quantitative estimate of drug-likeness (QED) is 0.793. The zero-order chi connectivity index (χ0) is 17.6. The fraction of sp³-hybridized carbons (Fsp3) is 0.333. The number of rotatable bonds is 0. The van der Waals surface area contributed by atoms with E-state index in [-0.39, 0.29) is 11.7 Å². The van der Waals surface area contributed by atoms with E-state index in [0.29, 0.717) is 6.61 Å². The van der Waals surface area contributed by atoms with Crippen LogP contribution in [0.3, 0.4) is 0 Å². The fourth-order valence-electron chi connectivity index (χ4n) is 1.88. The minimum Gasteiger partial charge on any atom is -0.485 e. The van der Waals surface area contributed by atoms with Gasteiger partial charge in [0, 0.05) is 18.8 Å². The van der Waals surface area contributed by atoms with Crippen LogP contribution in [0.4, 0.5) is 4.79 Å². The van der Waals surface area contributed by atoms with E-state index in [2.05, 4.69) is 10.3 Å². The normalized spacial score (nSPS) is 12.0. The van der Waals surface area contributed by atoms with Gasteiger partial charge < -0.3 is 19.5 Å². The van der Waals surface area contributed by atoms with Gasteiger partial charge in [-0.15, -0.1) is 0 Å². The van der Waals surface area contributed by atoms with Crippen molar-refractivity contribution in [3.63, 3.8) is 0 Å². The number of amides is 1. The lowest BCUT2D eigenvalue weighted by Crippen LogP contribution is -2.30. The van der Waals surface area contributed by atoms with E-state index in [1.54, 1.807) is 12.4 Å². The van der Waals surface area contributed by atoms with Crippen LogP contribution in [-0.4, -0.2) is 23.7 Å². The third kappa shape index (κ3) is 5.15. The van der Waals surface area contributed by atoms with Gasteiger partial charge in [-0.05, 0) is 39.0 Å². The summed E-state index contributed by atoms with van der Waals surface area (Å²) in [5.41, 5.74) is 0.626. The second kappa shape index (κ2) is 7.68. The zero-order valence-corrected chi connectivity index (χ0v) is 14.3. The van der Waals surface area contributed by atoms with Gasteiger partial charge in [0.2, 0.25) is 0 Å². The standard InChI is InChI=1S/C12H9NO2.C6H13NO2/c1-2-4-11-10(3-1)14-8-9-5-6-13-7-12(9)15-11;1-6(2,3)9-5(8)7-4/h1-7H,8H2;1-4H3,(H,7,8). The molecule has 1 aromatic carbocycles. The van der Waals surface area contributed by atoms with Crippen LogP contribution >= 0.6 is 0 Å². The van der Waals surface area contributed by atoms with Crippen LogP contribution in [0.25, 0.3) is 0 Å². The summed E-state index contributed by atoms with van der Waals surface area (Å²) in [7, 11) is 1.54. The van der Waals surface area contributed by atoms with E-state index < -0.39 is 0 Å². The van der Waals surface area contributed by atoms with Crippen LogP contribution < -0.4 is 14.8 Å². The molecule has 6 nitrogen and oxygen atoms in total. The molecule has 3 rings (SSSR count). The van der Waals surface area contributed by atoms with Crippen molar-refractivity contribution in [2.45, 2.75) is 33.0 Å². The van der Waals surface area contributed by atoms with Gasteiger partial charge >= 0.3 is 6.09 Å². The topological polar surface area (TPSA) is 69.7 Å². The number of para-hydroxylation sites is 2. The Morgan fingerprint density at radius 2 is 1.88 bits per heavy atom. The van der Waals surface area contributed by atoms with Crippen LogP contribution in [0.15, 0.2) is 42.7 Å².